The standard InChI is InChI=1S/C19H31NO/c1-15-11-12-18(16(13-15)14-20-19(2,3)4)21-17-9-7-5-6-8-10-17/h11-13,17,20H,5-10,14H2,1-4H3. The predicted molar refractivity (Wildman–Crippen MR) is 89.9 cm³/mol. The SMILES string of the molecule is Cc1ccc(OC2CCCCCC2)c(CNC(C)(C)C)c1. The average molecular weight is 289 g/mol. The molecule has 1 aromatic carbocycles. The van der Waals surface area contributed by atoms with Crippen LogP contribution in [0.25, 0.3) is 0 Å². The van der Waals surface area contributed by atoms with E-state index in [1.807, 2.05) is 0 Å². The number of hydrogen-bond acceptors (Lipinski definition) is 2. The Bertz CT molecular complexity index is 439. The molecule has 2 nitrogen and oxygen atoms in total. The molecule has 2 rings (SSSR count). The van der Waals surface area contributed by atoms with Crippen LogP contribution in [0.3, 0.4) is 0 Å². The number of hydrogen-bond donors (Lipinski definition) is 1. The smallest absolute Gasteiger partial charge is 0.124 e. The van der Waals surface area contributed by atoms with Gasteiger partial charge in [0.1, 0.15) is 5.75 Å². The molecule has 0 radical (unpaired) electrons. The van der Waals surface area contributed by atoms with Gasteiger partial charge in [0.15, 0.2) is 0 Å². The predicted octanol–water partition coefficient (Wildman–Crippen LogP) is 4.98. The second kappa shape index (κ2) is 7.31. The van der Waals surface area contributed by atoms with Crippen molar-refractivity contribution in [2.45, 2.75) is 84.4 Å². The van der Waals surface area contributed by atoms with E-state index in [1.165, 1.54) is 49.7 Å². The van der Waals surface area contributed by atoms with Gasteiger partial charge < -0.3 is 10.1 Å². The summed E-state index contributed by atoms with van der Waals surface area (Å²) in [5, 5.41) is 3.58. The molecule has 0 unspecified atom stereocenters. The summed E-state index contributed by atoms with van der Waals surface area (Å²) in [5.41, 5.74) is 2.71. The maximum atomic E-state index is 6.35. The topological polar surface area (TPSA) is 21.3 Å². The summed E-state index contributed by atoms with van der Waals surface area (Å²) >= 11 is 0. The minimum Gasteiger partial charge on any atom is -0.490 e. The molecule has 1 saturated carbocycles. The van der Waals surface area contributed by atoms with Crippen LogP contribution in [0.2, 0.25) is 0 Å². The number of ether oxygens (including phenoxy) is 1. The molecule has 0 aliphatic heterocycles. The van der Waals surface area contributed by atoms with E-state index in [4.69, 9.17) is 4.74 Å². The van der Waals surface area contributed by atoms with Gasteiger partial charge in [0.05, 0.1) is 6.10 Å². The van der Waals surface area contributed by atoms with Crippen molar-refractivity contribution in [1.29, 1.82) is 0 Å². The lowest BCUT2D eigenvalue weighted by Gasteiger charge is -2.24. The fourth-order valence-electron chi connectivity index (χ4n) is 2.86. The van der Waals surface area contributed by atoms with Crippen molar-refractivity contribution in [3.05, 3.63) is 29.3 Å². The van der Waals surface area contributed by atoms with Gasteiger partial charge in [-0.25, -0.2) is 0 Å². The monoisotopic (exact) mass is 289 g/mol. The quantitative estimate of drug-likeness (QED) is 0.789. The van der Waals surface area contributed by atoms with Crippen LogP contribution in [0.15, 0.2) is 18.2 Å². The van der Waals surface area contributed by atoms with Gasteiger partial charge in [-0.1, -0.05) is 30.5 Å². The average Bonchev–Trinajstić information content (AvgIpc) is 2.67. The highest BCUT2D eigenvalue weighted by atomic mass is 16.5. The summed E-state index contributed by atoms with van der Waals surface area (Å²) in [6.45, 7) is 9.63. The Labute approximate surface area is 130 Å². The second-order valence-corrected chi connectivity index (χ2v) is 7.45. The van der Waals surface area contributed by atoms with E-state index in [9.17, 15) is 0 Å². The largest absolute Gasteiger partial charge is 0.490 e. The normalized spacial score (nSPS) is 17.5. The van der Waals surface area contributed by atoms with Crippen LogP contribution < -0.4 is 10.1 Å². The molecule has 2 heteroatoms. The first-order chi connectivity index (χ1) is 9.94. The molecule has 1 aromatic rings. The molecule has 0 aromatic heterocycles. The number of benzene rings is 1. The molecule has 0 saturated heterocycles. The number of aryl methyl sites for hydroxylation is 1. The van der Waals surface area contributed by atoms with E-state index < -0.39 is 0 Å². The molecule has 1 aliphatic carbocycles. The number of nitrogens with one attached hydrogen (secondary N) is 1. The van der Waals surface area contributed by atoms with Gasteiger partial charge in [0.2, 0.25) is 0 Å². The van der Waals surface area contributed by atoms with Crippen LogP contribution in [-0.4, -0.2) is 11.6 Å². The van der Waals surface area contributed by atoms with Gasteiger partial charge in [-0.3, -0.25) is 0 Å². The lowest BCUT2D eigenvalue weighted by atomic mass is 10.1. The Morgan fingerprint density at radius 3 is 2.38 bits per heavy atom. The lowest BCUT2D eigenvalue weighted by molar-refractivity contribution is 0.181. The molecule has 0 bridgehead atoms. The zero-order valence-corrected chi connectivity index (χ0v) is 14.2. The van der Waals surface area contributed by atoms with Gasteiger partial charge in [0, 0.05) is 17.6 Å². The van der Waals surface area contributed by atoms with Crippen molar-refractivity contribution < 1.29 is 4.74 Å². The maximum absolute atomic E-state index is 6.35. The van der Waals surface area contributed by atoms with Crippen LogP contribution >= 0.6 is 0 Å². The first kappa shape index (κ1) is 16.4. The van der Waals surface area contributed by atoms with Crippen molar-refractivity contribution in [3.63, 3.8) is 0 Å². The molecule has 1 fully saturated rings. The second-order valence-electron chi connectivity index (χ2n) is 7.45. The maximum Gasteiger partial charge on any atom is 0.124 e. The van der Waals surface area contributed by atoms with E-state index in [1.54, 1.807) is 0 Å². The molecule has 0 spiro atoms. The fraction of sp³-hybridized carbons (Fsp3) is 0.684. The van der Waals surface area contributed by atoms with E-state index in [-0.39, 0.29) is 5.54 Å². The molecule has 0 atom stereocenters. The van der Waals surface area contributed by atoms with E-state index in [0.717, 1.165) is 12.3 Å². The highest BCUT2D eigenvalue weighted by Crippen LogP contribution is 2.26. The lowest BCUT2D eigenvalue weighted by Crippen LogP contribution is -2.35. The van der Waals surface area contributed by atoms with Gasteiger partial charge >= 0.3 is 0 Å². The molecule has 1 aliphatic rings. The van der Waals surface area contributed by atoms with Crippen LogP contribution in [-0.2, 0) is 6.54 Å². The molecule has 1 N–H and O–H groups in total. The first-order valence-corrected chi connectivity index (χ1v) is 8.45. The van der Waals surface area contributed by atoms with E-state index >= 15 is 0 Å². The highest BCUT2D eigenvalue weighted by Gasteiger charge is 2.16. The summed E-state index contributed by atoms with van der Waals surface area (Å²) < 4.78 is 6.35. The van der Waals surface area contributed by atoms with Crippen LogP contribution in [0, 0.1) is 6.92 Å². The molecule has 0 heterocycles. The van der Waals surface area contributed by atoms with E-state index in [0.29, 0.717) is 6.10 Å². The first-order valence-electron chi connectivity index (χ1n) is 8.45. The summed E-state index contributed by atoms with van der Waals surface area (Å²) in [7, 11) is 0. The zero-order chi connectivity index (χ0) is 15.3. The van der Waals surface area contributed by atoms with E-state index in [2.05, 4.69) is 51.2 Å². The van der Waals surface area contributed by atoms with Gasteiger partial charge in [0.25, 0.3) is 0 Å². The molecule has 21 heavy (non-hydrogen) atoms. The summed E-state index contributed by atoms with van der Waals surface area (Å²) in [6, 6.07) is 6.57. The molecular formula is C19H31NO. The Kier molecular flexibility index (Phi) is 5.69. The van der Waals surface area contributed by atoms with Crippen molar-refractivity contribution in [2.24, 2.45) is 0 Å². The zero-order valence-electron chi connectivity index (χ0n) is 14.2. The molecule has 0 amide bonds. The third kappa shape index (κ3) is 5.70. The summed E-state index contributed by atoms with van der Waals surface area (Å²) in [5.74, 6) is 1.07. The van der Waals surface area contributed by atoms with Crippen molar-refractivity contribution in [2.75, 3.05) is 0 Å². The Hall–Kier alpha value is -1.02. The van der Waals surface area contributed by atoms with Crippen LogP contribution in [0.1, 0.15) is 70.4 Å². The number of rotatable bonds is 4. The Balaban J connectivity index is 2.06. The van der Waals surface area contributed by atoms with Crippen molar-refractivity contribution >= 4 is 0 Å². The third-order valence-electron chi connectivity index (χ3n) is 4.12. The Morgan fingerprint density at radius 1 is 1.10 bits per heavy atom. The van der Waals surface area contributed by atoms with Crippen LogP contribution in [0.5, 0.6) is 5.75 Å². The van der Waals surface area contributed by atoms with Gasteiger partial charge in [-0.2, -0.15) is 0 Å². The summed E-state index contributed by atoms with van der Waals surface area (Å²) in [6.07, 6.45) is 8.18. The fourth-order valence-corrected chi connectivity index (χ4v) is 2.86. The van der Waals surface area contributed by atoms with Crippen molar-refractivity contribution in [3.8, 4) is 5.75 Å². The summed E-state index contributed by atoms with van der Waals surface area (Å²) in [4.78, 5) is 0. The minimum absolute atomic E-state index is 0.128. The highest BCUT2D eigenvalue weighted by molar-refractivity contribution is 5.37. The van der Waals surface area contributed by atoms with Gasteiger partial charge in [-0.05, 0) is 59.4 Å². The molecular weight excluding hydrogens is 258 g/mol. The van der Waals surface area contributed by atoms with Gasteiger partial charge in [-0.15, -0.1) is 0 Å². The Morgan fingerprint density at radius 2 is 1.76 bits per heavy atom. The van der Waals surface area contributed by atoms with Crippen LogP contribution in [0.4, 0.5) is 0 Å². The van der Waals surface area contributed by atoms with Crippen molar-refractivity contribution in [1.82, 2.24) is 5.32 Å². The minimum atomic E-state index is 0.128. The molecule has 118 valence electrons. The third-order valence-corrected chi connectivity index (χ3v) is 4.12.